The summed E-state index contributed by atoms with van der Waals surface area (Å²) in [6, 6.07) is 3.60. The fraction of sp³-hybridized carbons (Fsp3) is 0. The summed E-state index contributed by atoms with van der Waals surface area (Å²) in [5.74, 6) is 0. The van der Waals surface area contributed by atoms with Crippen LogP contribution in [0.25, 0.3) is 6.08 Å². The number of allylic oxidation sites excluding steroid dienone is 1. The molecule has 0 saturated heterocycles. The van der Waals surface area contributed by atoms with E-state index >= 15 is 0 Å². The third kappa shape index (κ3) is 2.51. The third-order valence-electron chi connectivity index (χ3n) is 1.10. The van der Waals surface area contributed by atoms with Crippen molar-refractivity contribution < 1.29 is 4.79 Å². The zero-order chi connectivity index (χ0) is 8.10. The second kappa shape index (κ2) is 3.88. The lowest BCUT2D eigenvalue weighted by Gasteiger charge is -1.88. The quantitative estimate of drug-likeness (QED) is 0.497. The molecule has 0 bridgehead atoms. The van der Waals surface area contributed by atoms with Crippen LogP contribution >= 0.6 is 11.6 Å². The Morgan fingerprint density at radius 2 is 2.45 bits per heavy atom. The van der Waals surface area contributed by atoms with Crippen molar-refractivity contribution in [2.24, 2.45) is 0 Å². The minimum Gasteiger partial charge on any atom is -0.297 e. The van der Waals surface area contributed by atoms with Crippen molar-refractivity contribution in [3.05, 3.63) is 35.1 Å². The lowest BCUT2D eigenvalue weighted by Crippen LogP contribution is -1.76. The standard InChI is InChI=1S/C8H6ClNO/c9-8(6-11)4-7-2-1-3-10-5-7/h1-6H/b8-4-. The molecule has 0 atom stereocenters. The molecule has 56 valence electrons. The Hall–Kier alpha value is -1.15. The van der Waals surface area contributed by atoms with Crippen LogP contribution < -0.4 is 0 Å². The SMILES string of the molecule is O=C/C(Cl)=C/c1cccnc1. The number of carbonyl (C=O) groups is 1. The average molecular weight is 168 g/mol. The molecule has 0 aliphatic carbocycles. The van der Waals surface area contributed by atoms with E-state index in [4.69, 9.17) is 11.6 Å². The number of aromatic nitrogens is 1. The maximum Gasteiger partial charge on any atom is 0.161 e. The molecule has 0 aliphatic heterocycles. The molecule has 0 saturated carbocycles. The molecule has 1 aromatic heterocycles. The molecular formula is C8H6ClNO. The van der Waals surface area contributed by atoms with Gasteiger partial charge in [-0.05, 0) is 17.7 Å². The number of carbonyl (C=O) groups excluding carboxylic acids is 1. The number of nitrogens with zero attached hydrogens (tertiary/aromatic N) is 1. The maximum absolute atomic E-state index is 10.1. The van der Waals surface area contributed by atoms with Gasteiger partial charge < -0.3 is 0 Å². The molecule has 0 aromatic carbocycles. The largest absolute Gasteiger partial charge is 0.297 e. The van der Waals surface area contributed by atoms with Crippen LogP contribution in [-0.4, -0.2) is 11.3 Å². The van der Waals surface area contributed by atoms with Crippen molar-refractivity contribution in [3.63, 3.8) is 0 Å². The van der Waals surface area contributed by atoms with Gasteiger partial charge in [0.25, 0.3) is 0 Å². The van der Waals surface area contributed by atoms with E-state index in [1.165, 1.54) is 0 Å². The molecule has 1 aromatic rings. The molecule has 0 unspecified atom stereocenters. The first-order chi connectivity index (χ1) is 5.33. The lowest BCUT2D eigenvalue weighted by molar-refractivity contribution is -0.104. The Morgan fingerprint density at radius 1 is 1.64 bits per heavy atom. The second-order valence-electron chi connectivity index (χ2n) is 1.93. The minimum atomic E-state index is 0.179. The predicted molar refractivity (Wildman–Crippen MR) is 44.1 cm³/mol. The molecule has 11 heavy (non-hydrogen) atoms. The zero-order valence-corrected chi connectivity index (χ0v) is 6.45. The van der Waals surface area contributed by atoms with E-state index in [2.05, 4.69) is 4.98 Å². The van der Waals surface area contributed by atoms with E-state index in [-0.39, 0.29) is 5.03 Å². The van der Waals surface area contributed by atoms with Gasteiger partial charge in [0.1, 0.15) is 0 Å². The second-order valence-corrected chi connectivity index (χ2v) is 2.37. The summed E-state index contributed by atoms with van der Waals surface area (Å²) < 4.78 is 0. The van der Waals surface area contributed by atoms with Crippen LogP contribution in [0.1, 0.15) is 5.56 Å². The van der Waals surface area contributed by atoms with Gasteiger partial charge in [-0.2, -0.15) is 0 Å². The smallest absolute Gasteiger partial charge is 0.161 e. The Morgan fingerprint density at radius 3 is 3.00 bits per heavy atom. The van der Waals surface area contributed by atoms with Gasteiger partial charge in [-0.25, -0.2) is 0 Å². The van der Waals surface area contributed by atoms with E-state index in [0.29, 0.717) is 6.29 Å². The van der Waals surface area contributed by atoms with Crippen molar-refractivity contribution >= 4 is 24.0 Å². The molecule has 3 heteroatoms. The predicted octanol–water partition coefficient (Wildman–Crippen LogP) is 1.86. The summed E-state index contributed by atoms with van der Waals surface area (Å²) in [6.45, 7) is 0. The van der Waals surface area contributed by atoms with E-state index in [9.17, 15) is 4.79 Å². The van der Waals surface area contributed by atoms with Crippen LogP contribution in [0.2, 0.25) is 0 Å². The van der Waals surface area contributed by atoms with Gasteiger partial charge in [0.15, 0.2) is 6.29 Å². The highest BCUT2D eigenvalue weighted by molar-refractivity contribution is 6.40. The summed E-state index contributed by atoms with van der Waals surface area (Å²) >= 11 is 5.47. The first-order valence-corrected chi connectivity index (χ1v) is 3.43. The van der Waals surface area contributed by atoms with Crippen LogP contribution in [0.3, 0.4) is 0 Å². The fourth-order valence-corrected chi connectivity index (χ4v) is 0.781. The number of aldehydes is 1. The summed E-state index contributed by atoms with van der Waals surface area (Å²) in [5, 5.41) is 0.179. The Balaban J connectivity index is 2.87. The van der Waals surface area contributed by atoms with E-state index < -0.39 is 0 Å². The topological polar surface area (TPSA) is 30.0 Å². The molecule has 0 amide bonds. The molecule has 0 aliphatic rings. The van der Waals surface area contributed by atoms with Gasteiger partial charge in [0, 0.05) is 12.4 Å². The molecule has 0 spiro atoms. The van der Waals surface area contributed by atoms with E-state index in [0.717, 1.165) is 5.56 Å². The molecule has 0 radical (unpaired) electrons. The van der Waals surface area contributed by atoms with Crippen LogP contribution in [-0.2, 0) is 4.79 Å². The Bertz CT molecular complexity index is 269. The van der Waals surface area contributed by atoms with Gasteiger partial charge in [-0.15, -0.1) is 0 Å². The van der Waals surface area contributed by atoms with Crippen molar-refractivity contribution in [1.82, 2.24) is 4.98 Å². The molecule has 0 N–H and O–H groups in total. The van der Waals surface area contributed by atoms with Crippen LogP contribution in [0.5, 0.6) is 0 Å². The first-order valence-electron chi connectivity index (χ1n) is 3.05. The summed E-state index contributed by atoms with van der Waals surface area (Å²) in [4.78, 5) is 13.9. The van der Waals surface area contributed by atoms with Gasteiger partial charge in [-0.1, -0.05) is 17.7 Å². The van der Waals surface area contributed by atoms with E-state index in [1.807, 2.05) is 6.07 Å². The van der Waals surface area contributed by atoms with Crippen molar-refractivity contribution in [2.75, 3.05) is 0 Å². The normalized spacial score (nSPS) is 11.2. The Labute approximate surface area is 69.5 Å². The highest BCUT2D eigenvalue weighted by Gasteiger charge is 1.88. The number of pyridine rings is 1. The van der Waals surface area contributed by atoms with Gasteiger partial charge in [-0.3, -0.25) is 9.78 Å². The lowest BCUT2D eigenvalue weighted by atomic mass is 10.3. The Kier molecular flexibility index (Phi) is 2.81. The number of rotatable bonds is 2. The van der Waals surface area contributed by atoms with Gasteiger partial charge >= 0.3 is 0 Å². The van der Waals surface area contributed by atoms with Crippen LogP contribution in [0.15, 0.2) is 29.6 Å². The summed E-state index contributed by atoms with van der Waals surface area (Å²) in [5.41, 5.74) is 0.824. The molecule has 2 nitrogen and oxygen atoms in total. The summed E-state index contributed by atoms with van der Waals surface area (Å²) in [6.07, 6.45) is 5.44. The van der Waals surface area contributed by atoms with Gasteiger partial charge in [0.2, 0.25) is 0 Å². The molecular weight excluding hydrogens is 162 g/mol. The molecule has 1 heterocycles. The average Bonchev–Trinajstić information content (AvgIpc) is 2.06. The summed E-state index contributed by atoms with van der Waals surface area (Å²) in [7, 11) is 0. The van der Waals surface area contributed by atoms with Gasteiger partial charge in [0.05, 0.1) is 5.03 Å². The zero-order valence-electron chi connectivity index (χ0n) is 5.70. The molecule has 0 fully saturated rings. The number of halogens is 1. The van der Waals surface area contributed by atoms with E-state index in [1.54, 1.807) is 24.5 Å². The van der Waals surface area contributed by atoms with Crippen LogP contribution in [0.4, 0.5) is 0 Å². The minimum absolute atomic E-state index is 0.179. The van der Waals surface area contributed by atoms with Crippen molar-refractivity contribution in [3.8, 4) is 0 Å². The number of hydrogen-bond acceptors (Lipinski definition) is 2. The maximum atomic E-state index is 10.1. The van der Waals surface area contributed by atoms with Crippen molar-refractivity contribution in [1.29, 1.82) is 0 Å². The third-order valence-corrected chi connectivity index (χ3v) is 1.30. The number of hydrogen-bond donors (Lipinski definition) is 0. The molecule has 1 rings (SSSR count). The first kappa shape index (κ1) is 7.95. The highest BCUT2D eigenvalue weighted by Crippen LogP contribution is 2.05. The monoisotopic (exact) mass is 167 g/mol. The highest BCUT2D eigenvalue weighted by atomic mass is 35.5. The van der Waals surface area contributed by atoms with Crippen molar-refractivity contribution in [2.45, 2.75) is 0 Å². The fourth-order valence-electron chi connectivity index (χ4n) is 0.655. The van der Waals surface area contributed by atoms with Crippen LogP contribution in [0, 0.1) is 0 Å².